The number of ether oxygens (including phenoxy) is 1. The van der Waals surface area contributed by atoms with Gasteiger partial charge in [0.2, 0.25) is 0 Å². The zero-order chi connectivity index (χ0) is 16.9. The van der Waals surface area contributed by atoms with E-state index in [1.165, 1.54) is 24.0 Å². The maximum atomic E-state index is 11.8. The Bertz CT molecular complexity index is 518. The van der Waals surface area contributed by atoms with Gasteiger partial charge in [0.25, 0.3) is 0 Å². The molecule has 128 valence electrons. The fraction of sp³-hybridized carbons (Fsp3) is 0.632. The Morgan fingerprint density at radius 3 is 2.48 bits per heavy atom. The molecule has 0 aromatic heterocycles. The number of benzene rings is 1. The Morgan fingerprint density at radius 2 is 1.91 bits per heavy atom. The van der Waals surface area contributed by atoms with Crippen LogP contribution < -0.4 is 10.6 Å². The van der Waals surface area contributed by atoms with Crippen LogP contribution >= 0.6 is 0 Å². The highest BCUT2D eigenvalue weighted by molar-refractivity contribution is 5.67. The largest absolute Gasteiger partial charge is 0.444 e. The van der Waals surface area contributed by atoms with Crippen molar-refractivity contribution in [2.75, 3.05) is 6.54 Å². The van der Waals surface area contributed by atoms with E-state index in [1.54, 1.807) is 0 Å². The first-order valence-corrected chi connectivity index (χ1v) is 8.66. The number of nitrogens with one attached hydrogen (secondary N) is 2. The third kappa shape index (κ3) is 6.22. The number of carbonyl (C=O) groups is 1. The number of rotatable bonds is 7. The molecule has 1 aliphatic carbocycles. The van der Waals surface area contributed by atoms with Gasteiger partial charge in [0.1, 0.15) is 5.60 Å². The molecule has 1 saturated carbocycles. The second-order valence-electron chi connectivity index (χ2n) is 7.33. The zero-order valence-electron chi connectivity index (χ0n) is 14.8. The monoisotopic (exact) mass is 318 g/mol. The Kier molecular flexibility index (Phi) is 6.05. The topological polar surface area (TPSA) is 50.4 Å². The van der Waals surface area contributed by atoms with Crippen molar-refractivity contribution >= 4 is 6.09 Å². The van der Waals surface area contributed by atoms with Gasteiger partial charge >= 0.3 is 6.09 Å². The average Bonchev–Trinajstić information content (AvgIpc) is 3.30. The summed E-state index contributed by atoms with van der Waals surface area (Å²) < 4.78 is 5.31. The van der Waals surface area contributed by atoms with Crippen LogP contribution in [0.1, 0.15) is 51.7 Å². The standard InChI is InChI=1S/C19H30N2O2/c1-5-14-8-6-7-9-16(14)12-20-17(15-10-11-15)13-21-18(22)23-19(2,3)4/h6-9,15,17,20H,5,10-13H2,1-4H3,(H,21,22). The van der Waals surface area contributed by atoms with Crippen LogP contribution in [0.3, 0.4) is 0 Å². The van der Waals surface area contributed by atoms with Gasteiger partial charge in [0.15, 0.2) is 0 Å². The molecule has 4 nitrogen and oxygen atoms in total. The van der Waals surface area contributed by atoms with E-state index in [9.17, 15) is 4.79 Å². The van der Waals surface area contributed by atoms with Crippen LogP contribution in [0.4, 0.5) is 4.79 Å². The van der Waals surface area contributed by atoms with Gasteiger partial charge in [-0.3, -0.25) is 0 Å². The van der Waals surface area contributed by atoms with Crippen LogP contribution in [-0.2, 0) is 17.7 Å². The molecule has 1 amide bonds. The zero-order valence-corrected chi connectivity index (χ0v) is 14.8. The van der Waals surface area contributed by atoms with Crippen LogP contribution in [0.2, 0.25) is 0 Å². The van der Waals surface area contributed by atoms with Crippen molar-refractivity contribution in [2.24, 2.45) is 5.92 Å². The molecule has 0 spiro atoms. The van der Waals surface area contributed by atoms with Crippen LogP contribution in [0.15, 0.2) is 24.3 Å². The third-order valence-electron chi connectivity index (χ3n) is 4.11. The third-order valence-corrected chi connectivity index (χ3v) is 4.11. The summed E-state index contributed by atoms with van der Waals surface area (Å²) in [5.74, 6) is 0.665. The Balaban J connectivity index is 1.84. The summed E-state index contributed by atoms with van der Waals surface area (Å²) in [4.78, 5) is 11.8. The summed E-state index contributed by atoms with van der Waals surface area (Å²) in [6.45, 7) is 9.29. The maximum Gasteiger partial charge on any atom is 0.407 e. The molecular weight excluding hydrogens is 288 g/mol. The molecule has 1 atom stereocenters. The molecule has 2 N–H and O–H groups in total. The van der Waals surface area contributed by atoms with E-state index in [2.05, 4.69) is 41.8 Å². The Morgan fingerprint density at radius 1 is 1.26 bits per heavy atom. The van der Waals surface area contributed by atoms with Gasteiger partial charge in [-0.15, -0.1) is 0 Å². The van der Waals surface area contributed by atoms with Gasteiger partial charge in [0, 0.05) is 19.1 Å². The number of alkyl carbamates (subject to hydrolysis) is 1. The molecule has 1 fully saturated rings. The molecule has 2 rings (SSSR count). The first-order valence-electron chi connectivity index (χ1n) is 8.66. The van der Waals surface area contributed by atoms with Crippen LogP contribution in [0.5, 0.6) is 0 Å². The number of hydrogen-bond acceptors (Lipinski definition) is 3. The molecule has 0 aliphatic heterocycles. The summed E-state index contributed by atoms with van der Waals surface area (Å²) in [6, 6.07) is 8.85. The molecule has 1 aromatic carbocycles. The number of hydrogen-bond donors (Lipinski definition) is 2. The molecule has 0 heterocycles. The molecule has 0 saturated heterocycles. The number of amides is 1. The minimum atomic E-state index is -0.452. The minimum Gasteiger partial charge on any atom is -0.444 e. The lowest BCUT2D eigenvalue weighted by molar-refractivity contribution is 0.0521. The normalized spacial score (nSPS) is 16.0. The van der Waals surface area contributed by atoms with Crippen molar-refractivity contribution in [1.82, 2.24) is 10.6 Å². The summed E-state index contributed by atoms with van der Waals surface area (Å²) in [7, 11) is 0. The quantitative estimate of drug-likeness (QED) is 0.807. The summed E-state index contributed by atoms with van der Waals surface area (Å²) >= 11 is 0. The lowest BCUT2D eigenvalue weighted by Crippen LogP contribution is -2.43. The van der Waals surface area contributed by atoms with Crippen molar-refractivity contribution in [1.29, 1.82) is 0 Å². The van der Waals surface area contributed by atoms with Gasteiger partial charge in [-0.05, 0) is 57.1 Å². The number of aryl methyl sites for hydroxylation is 1. The molecule has 4 heteroatoms. The summed E-state index contributed by atoms with van der Waals surface area (Å²) in [6.07, 6.45) is 3.19. The average molecular weight is 318 g/mol. The van der Waals surface area contributed by atoms with Gasteiger partial charge in [-0.1, -0.05) is 31.2 Å². The van der Waals surface area contributed by atoms with Crippen LogP contribution in [-0.4, -0.2) is 24.3 Å². The lowest BCUT2D eigenvalue weighted by atomic mass is 10.0. The van der Waals surface area contributed by atoms with E-state index in [0.29, 0.717) is 18.5 Å². The van der Waals surface area contributed by atoms with Gasteiger partial charge in [-0.2, -0.15) is 0 Å². The Labute approximate surface area is 140 Å². The van der Waals surface area contributed by atoms with E-state index < -0.39 is 5.60 Å². The second kappa shape index (κ2) is 7.82. The van der Waals surface area contributed by atoms with Crippen LogP contribution in [0.25, 0.3) is 0 Å². The molecule has 1 unspecified atom stereocenters. The van der Waals surface area contributed by atoms with Crippen molar-refractivity contribution < 1.29 is 9.53 Å². The summed E-state index contributed by atoms with van der Waals surface area (Å²) in [5, 5.41) is 6.52. The lowest BCUT2D eigenvalue weighted by Gasteiger charge is -2.23. The molecule has 23 heavy (non-hydrogen) atoms. The van der Waals surface area contributed by atoms with Crippen molar-refractivity contribution in [3.05, 3.63) is 35.4 Å². The van der Waals surface area contributed by atoms with Crippen LogP contribution in [0, 0.1) is 5.92 Å². The molecule has 0 bridgehead atoms. The predicted molar refractivity (Wildman–Crippen MR) is 93.4 cm³/mol. The second-order valence-corrected chi connectivity index (χ2v) is 7.33. The van der Waals surface area contributed by atoms with Gasteiger partial charge in [-0.25, -0.2) is 4.79 Å². The first-order chi connectivity index (χ1) is 10.9. The molecule has 1 aromatic rings. The highest BCUT2D eigenvalue weighted by Gasteiger charge is 2.31. The SMILES string of the molecule is CCc1ccccc1CNC(CNC(=O)OC(C)(C)C)C1CC1. The van der Waals surface area contributed by atoms with E-state index in [4.69, 9.17) is 4.74 Å². The fourth-order valence-electron chi connectivity index (χ4n) is 2.73. The number of carbonyl (C=O) groups excluding carboxylic acids is 1. The van der Waals surface area contributed by atoms with E-state index in [-0.39, 0.29) is 6.09 Å². The summed E-state index contributed by atoms with van der Waals surface area (Å²) in [5.41, 5.74) is 2.28. The molecule has 0 radical (unpaired) electrons. The van der Waals surface area contributed by atoms with Crippen molar-refractivity contribution in [3.8, 4) is 0 Å². The van der Waals surface area contributed by atoms with Gasteiger partial charge < -0.3 is 15.4 Å². The van der Waals surface area contributed by atoms with E-state index in [1.807, 2.05) is 20.8 Å². The van der Waals surface area contributed by atoms with E-state index in [0.717, 1.165) is 13.0 Å². The highest BCUT2D eigenvalue weighted by atomic mass is 16.6. The maximum absolute atomic E-state index is 11.8. The fourth-order valence-corrected chi connectivity index (χ4v) is 2.73. The molecular formula is C19H30N2O2. The van der Waals surface area contributed by atoms with Gasteiger partial charge in [0.05, 0.1) is 0 Å². The van der Waals surface area contributed by atoms with Crippen molar-refractivity contribution in [3.63, 3.8) is 0 Å². The first kappa shape index (κ1) is 17.8. The van der Waals surface area contributed by atoms with E-state index >= 15 is 0 Å². The Hall–Kier alpha value is -1.55. The smallest absolute Gasteiger partial charge is 0.407 e. The van der Waals surface area contributed by atoms with Crippen molar-refractivity contribution in [2.45, 2.75) is 65.1 Å². The predicted octanol–water partition coefficient (Wildman–Crippen LogP) is 3.64. The molecule has 1 aliphatic rings. The minimum absolute atomic E-state index is 0.312. The highest BCUT2D eigenvalue weighted by Crippen LogP contribution is 2.32.